The number of hydrogen-bond acceptors (Lipinski definition) is 3. The summed E-state index contributed by atoms with van der Waals surface area (Å²) in [6.07, 6.45) is 0. The van der Waals surface area contributed by atoms with Crippen molar-refractivity contribution in [3.8, 4) is 0 Å². The van der Waals surface area contributed by atoms with Gasteiger partial charge in [0.1, 0.15) is 0 Å². The zero-order chi connectivity index (χ0) is 11.4. The standard InChI is InChI=1S/C11H14BrNO2/c1-7(13)10(12)8-5-3-4-6-9(8)11(14)15-2/h3-7,10H,13H2,1-2H3. The van der Waals surface area contributed by atoms with Gasteiger partial charge in [-0.15, -0.1) is 0 Å². The van der Waals surface area contributed by atoms with Gasteiger partial charge >= 0.3 is 5.97 Å². The second-order valence-electron chi connectivity index (χ2n) is 3.34. The Kier molecular flexibility index (Phi) is 4.29. The first-order valence-electron chi connectivity index (χ1n) is 4.64. The lowest BCUT2D eigenvalue weighted by Gasteiger charge is -2.16. The van der Waals surface area contributed by atoms with E-state index >= 15 is 0 Å². The minimum Gasteiger partial charge on any atom is -0.465 e. The van der Waals surface area contributed by atoms with Crippen molar-refractivity contribution in [2.24, 2.45) is 5.73 Å². The van der Waals surface area contributed by atoms with Crippen molar-refractivity contribution in [3.63, 3.8) is 0 Å². The van der Waals surface area contributed by atoms with E-state index in [9.17, 15) is 4.79 Å². The summed E-state index contributed by atoms with van der Waals surface area (Å²) in [6, 6.07) is 7.21. The fraction of sp³-hybridized carbons (Fsp3) is 0.364. The highest BCUT2D eigenvalue weighted by Gasteiger charge is 2.19. The van der Waals surface area contributed by atoms with Crippen molar-refractivity contribution in [2.75, 3.05) is 7.11 Å². The number of hydrogen-bond donors (Lipinski definition) is 1. The highest BCUT2D eigenvalue weighted by atomic mass is 79.9. The highest BCUT2D eigenvalue weighted by molar-refractivity contribution is 9.09. The zero-order valence-electron chi connectivity index (χ0n) is 8.74. The van der Waals surface area contributed by atoms with Gasteiger partial charge in [-0.3, -0.25) is 0 Å². The molecule has 0 radical (unpaired) electrons. The first kappa shape index (κ1) is 12.2. The van der Waals surface area contributed by atoms with Crippen molar-refractivity contribution in [1.29, 1.82) is 0 Å². The highest BCUT2D eigenvalue weighted by Crippen LogP contribution is 2.28. The van der Waals surface area contributed by atoms with Crippen LogP contribution in [0.2, 0.25) is 0 Å². The first-order chi connectivity index (χ1) is 7.07. The fourth-order valence-electron chi connectivity index (χ4n) is 1.32. The molecule has 0 aliphatic heterocycles. The van der Waals surface area contributed by atoms with Crippen molar-refractivity contribution in [1.82, 2.24) is 0 Å². The lowest BCUT2D eigenvalue weighted by molar-refractivity contribution is 0.0599. The predicted molar refractivity (Wildman–Crippen MR) is 63.1 cm³/mol. The van der Waals surface area contributed by atoms with Crippen molar-refractivity contribution in [3.05, 3.63) is 35.4 Å². The quantitative estimate of drug-likeness (QED) is 0.678. The Hall–Kier alpha value is -0.870. The van der Waals surface area contributed by atoms with Gasteiger partial charge in [0, 0.05) is 6.04 Å². The number of ether oxygens (including phenoxy) is 1. The SMILES string of the molecule is COC(=O)c1ccccc1C(Br)C(C)N. The number of methoxy groups -OCH3 is 1. The van der Waals surface area contributed by atoms with Crippen LogP contribution in [0.15, 0.2) is 24.3 Å². The lowest BCUT2D eigenvalue weighted by atomic mass is 10.0. The zero-order valence-corrected chi connectivity index (χ0v) is 10.3. The average molecular weight is 272 g/mol. The van der Waals surface area contributed by atoms with Crippen molar-refractivity contribution in [2.45, 2.75) is 17.8 Å². The Balaban J connectivity index is 3.11. The molecule has 0 saturated heterocycles. The summed E-state index contributed by atoms with van der Waals surface area (Å²) in [5.74, 6) is -0.337. The van der Waals surface area contributed by atoms with Gasteiger partial charge in [0.15, 0.2) is 0 Å². The molecule has 2 N–H and O–H groups in total. The summed E-state index contributed by atoms with van der Waals surface area (Å²) in [5, 5.41) is 0. The third kappa shape index (κ3) is 2.79. The molecule has 0 amide bonds. The molecule has 82 valence electrons. The molecule has 0 spiro atoms. The van der Waals surface area contributed by atoms with E-state index in [4.69, 9.17) is 10.5 Å². The molecule has 3 nitrogen and oxygen atoms in total. The smallest absolute Gasteiger partial charge is 0.338 e. The van der Waals surface area contributed by atoms with Crippen LogP contribution in [-0.4, -0.2) is 19.1 Å². The average Bonchev–Trinajstić information content (AvgIpc) is 2.27. The minimum atomic E-state index is -0.337. The van der Waals surface area contributed by atoms with Gasteiger partial charge in [-0.1, -0.05) is 34.1 Å². The van der Waals surface area contributed by atoms with E-state index in [1.54, 1.807) is 12.1 Å². The van der Waals surface area contributed by atoms with Crippen LogP contribution in [0.1, 0.15) is 27.7 Å². The Morgan fingerprint density at radius 1 is 1.47 bits per heavy atom. The minimum absolute atomic E-state index is 0.0483. The van der Waals surface area contributed by atoms with Crippen LogP contribution < -0.4 is 5.73 Å². The van der Waals surface area contributed by atoms with Gasteiger partial charge in [0.05, 0.1) is 17.5 Å². The number of nitrogens with two attached hydrogens (primary N) is 1. The normalized spacial score (nSPS) is 14.4. The summed E-state index contributed by atoms with van der Waals surface area (Å²) < 4.78 is 4.71. The Labute approximate surface area is 97.7 Å². The molecule has 0 aromatic heterocycles. The Bertz CT molecular complexity index is 352. The number of carbonyl (C=O) groups excluding carboxylic acids is 1. The fourth-order valence-corrected chi connectivity index (χ4v) is 1.72. The van der Waals surface area contributed by atoms with Crippen LogP contribution in [0, 0.1) is 0 Å². The van der Waals surface area contributed by atoms with E-state index in [1.165, 1.54) is 7.11 Å². The second kappa shape index (κ2) is 5.28. The molecular weight excluding hydrogens is 258 g/mol. The number of rotatable bonds is 3. The molecule has 4 heteroatoms. The van der Waals surface area contributed by atoms with Crippen LogP contribution in [0.3, 0.4) is 0 Å². The molecule has 0 fully saturated rings. The van der Waals surface area contributed by atoms with Gasteiger partial charge < -0.3 is 10.5 Å². The van der Waals surface area contributed by atoms with Gasteiger partial charge in [-0.25, -0.2) is 4.79 Å². The van der Waals surface area contributed by atoms with Crippen molar-refractivity contribution < 1.29 is 9.53 Å². The molecular formula is C11H14BrNO2. The summed E-state index contributed by atoms with van der Waals surface area (Å²) >= 11 is 3.47. The Morgan fingerprint density at radius 2 is 2.07 bits per heavy atom. The van der Waals surface area contributed by atoms with Gasteiger partial charge in [0.25, 0.3) is 0 Å². The third-order valence-corrected chi connectivity index (χ3v) is 3.45. The monoisotopic (exact) mass is 271 g/mol. The lowest BCUT2D eigenvalue weighted by Crippen LogP contribution is -2.22. The molecule has 2 atom stereocenters. The van der Waals surface area contributed by atoms with Crippen LogP contribution in [0.4, 0.5) is 0 Å². The maximum absolute atomic E-state index is 11.5. The molecule has 15 heavy (non-hydrogen) atoms. The third-order valence-electron chi connectivity index (χ3n) is 2.12. The van der Waals surface area contributed by atoms with E-state index in [1.807, 2.05) is 19.1 Å². The van der Waals surface area contributed by atoms with E-state index in [0.29, 0.717) is 5.56 Å². The molecule has 0 heterocycles. The molecule has 0 saturated carbocycles. The first-order valence-corrected chi connectivity index (χ1v) is 5.56. The molecule has 1 aromatic rings. The second-order valence-corrected chi connectivity index (χ2v) is 4.33. The number of halogens is 1. The van der Waals surface area contributed by atoms with Crippen LogP contribution in [-0.2, 0) is 4.74 Å². The maximum atomic E-state index is 11.5. The molecule has 0 bridgehead atoms. The molecule has 1 rings (SSSR count). The van der Waals surface area contributed by atoms with Crippen LogP contribution >= 0.6 is 15.9 Å². The van der Waals surface area contributed by atoms with E-state index in [2.05, 4.69) is 15.9 Å². The van der Waals surface area contributed by atoms with E-state index < -0.39 is 0 Å². The van der Waals surface area contributed by atoms with E-state index in [-0.39, 0.29) is 16.8 Å². The summed E-state index contributed by atoms with van der Waals surface area (Å²) in [7, 11) is 1.37. The van der Waals surface area contributed by atoms with Crippen molar-refractivity contribution >= 4 is 21.9 Å². The topological polar surface area (TPSA) is 52.3 Å². The van der Waals surface area contributed by atoms with Crippen LogP contribution in [0.5, 0.6) is 0 Å². The van der Waals surface area contributed by atoms with Gasteiger partial charge in [0.2, 0.25) is 0 Å². The summed E-state index contributed by atoms with van der Waals surface area (Å²) in [4.78, 5) is 11.4. The maximum Gasteiger partial charge on any atom is 0.338 e. The van der Waals surface area contributed by atoms with Gasteiger partial charge in [-0.2, -0.15) is 0 Å². The largest absolute Gasteiger partial charge is 0.465 e. The number of benzene rings is 1. The number of alkyl halides is 1. The molecule has 1 aromatic carbocycles. The molecule has 2 unspecified atom stereocenters. The number of esters is 1. The summed E-state index contributed by atoms with van der Waals surface area (Å²) in [6.45, 7) is 1.88. The Morgan fingerprint density at radius 3 is 2.60 bits per heavy atom. The molecule has 0 aliphatic rings. The summed E-state index contributed by atoms with van der Waals surface area (Å²) in [5.41, 5.74) is 7.19. The number of carbonyl (C=O) groups is 1. The predicted octanol–water partition coefficient (Wildman–Crippen LogP) is 2.26. The van der Waals surface area contributed by atoms with Gasteiger partial charge in [-0.05, 0) is 18.6 Å². The van der Waals surface area contributed by atoms with Crippen LogP contribution in [0.25, 0.3) is 0 Å². The molecule has 0 aliphatic carbocycles. The van der Waals surface area contributed by atoms with E-state index in [0.717, 1.165) is 5.56 Å².